The van der Waals surface area contributed by atoms with Crippen molar-refractivity contribution in [3.63, 3.8) is 0 Å². The highest BCUT2D eigenvalue weighted by molar-refractivity contribution is 5.91. The number of nitro groups is 1. The summed E-state index contributed by atoms with van der Waals surface area (Å²) < 4.78 is 10.7. The lowest BCUT2D eigenvalue weighted by atomic mass is 10.2. The summed E-state index contributed by atoms with van der Waals surface area (Å²) in [5.74, 6) is -1.53. The van der Waals surface area contributed by atoms with Crippen LogP contribution in [0.3, 0.4) is 0 Å². The van der Waals surface area contributed by atoms with E-state index in [2.05, 4.69) is 9.84 Å². The molecule has 1 aromatic heterocycles. The fraction of sp³-hybridized carbons (Fsp3) is 0.583. The molecule has 1 rings (SSSR count). The van der Waals surface area contributed by atoms with E-state index in [4.69, 9.17) is 4.74 Å². The van der Waals surface area contributed by atoms with Gasteiger partial charge in [-0.2, -0.15) is 5.10 Å². The van der Waals surface area contributed by atoms with E-state index in [1.165, 1.54) is 0 Å². The number of ether oxygens (including phenoxy) is 2. The van der Waals surface area contributed by atoms with Crippen LogP contribution in [0.25, 0.3) is 0 Å². The first kappa shape index (κ1) is 16.6. The van der Waals surface area contributed by atoms with E-state index >= 15 is 0 Å². The first-order valence-corrected chi connectivity index (χ1v) is 6.25. The molecule has 21 heavy (non-hydrogen) atoms. The molecule has 0 fully saturated rings. The summed E-state index contributed by atoms with van der Waals surface area (Å²) in [7, 11) is 0. The first-order valence-electron chi connectivity index (χ1n) is 6.25. The number of rotatable bonds is 5. The fourth-order valence-electron chi connectivity index (χ4n) is 1.48. The summed E-state index contributed by atoms with van der Waals surface area (Å²) in [6.45, 7) is 6.38. The molecular weight excluding hydrogens is 282 g/mol. The third-order valence-electron chi connectivity index (χ3n) is 2.12. The van der Waals surface area contributed by atoms with Gasteiger partial charge >= 0.3 is 17.6 Å². The molecule has 0 radical (unpaired) electrons. The van der Waals surface area contributed by atoms with Gasteiger partial charge in [0.2, 0.25) is 5.69 Å². The van der Waals surface area contributed by atoms with Crippen LogP contribution in [0.15, 0.2) is 6.20 Å². The van der Waals surface area contributed by atoms with Gasteiger partial charge in [0, 0.05) is 0 Å². The molecule has 0 saturated carbocycles. The van der Waals surface area contributed by atoms with Crippen molar-refractivity contribution in [3.8, 4) is 0 Å². The third-order valence-corrected chi connectivity index (χ3v) is 2.12. The minimum absolute atomic E-state index is 0.0644. The molecule has 0 unspecified atom stereocenters. The molecule has 0 aliphatic carbocycles. The maximum absolute atomic E-state index is 11.6. The number of esters is 2. The number of carbonyl (C=O) groups excluding carboxylic acids is 2. The van der Waals surface area contributed by atoms with Crippen LogP contribution >= 0.6 is 0 Å². The van der Waals surface area contributed by atoms with Crippen LogP contribution in [0, 0.1) is 10.1 Å². The van der Waals surface area contributed by atoms with E-state index in [-0.39, 0.29) is 13.2 Å². The lowest BCUT2D eigenvalue weighted by Crippen LogP contribution is -2.26. The lowest BCUT2D eigenvalue weighted by Gasteiger charge is -2.19. The van der Waals surface area contributed by atoms with Gasteiger partial charge in [-0.25, -0.2) is 4.79 Å². The van der Waals surface area contributed by atoms with Gasteiger partial charge in [-0.3, -0.25) is 19.6 Å². The molecule has 0 atom stereocenters. The second-order valence-electron chi connectivity index (χ2n) is 5.12. The van der Waals surface area contributed by atoms with Crippen molar-refractivity contribution in [1.82, 2.24) is 9.78 Å². The van der Waals surface area contributed by atoms with E-state index in [1.54, 1.807) is 27.7 Å². The van der Waals surface area contributed by atoms with E-state index < -0.39 is 33.8 Å². The minimum Gasteiger partial charge on any atom is -0.461 e. The van der Waals surface area contributed by atoms with Crippen molar-refractivity contribution < 1.29 is 24.0 Å². The van der Waals surface area contributed by atoms with Crippen molar-refractivity contribution in [2.45, 2.75) is 39.8 Å². The average Bonchev–Trinajstić information content (AvgIpc) is 2.70. The van der Waals surface area contributed by atoms with Crippen LogP contribution < -0.4 is 0 Å². The molecule has 1 aromatic rings. The number of hydrogen-bond acceptors (Lipinski definition) is 7. The Labute approximate surface area is 121 Å². The highest BCUT2D eigenvalue weighted by atomic mass is 16.6. The Kier molecular flexibility index (Phi) is 5.01. The first-order chi connectivity index (χ1) is 9.64. The summed E-state index contributed by atoms with van der Waals surface area (Å²) in [6, 6.07) is 0. The number of carbonyl (C=O) groups is 2. The van der Waals surface area contributed by atoms with Gasteiger partial charge in [-0.15, -0.1) is 0 Å². The Morgan fingerprint density at radius 1 is 1.43 bits per heavy atom. The largest absolute Gasteiger partial charge is 0.461 e. The molecule has 9 nitrogen and oxygen atoms in total. The SMILES string of the molecule is CCOC(=O)c1nn(CC(=O)OC(C)(C)C)cc1[N+](=O)[O-]. The van der Waals surface area contributed by atoms with Crippen LogP contribution in [-0.2, 0) is 20.8 Å². The van der Waals surface area contributed by atoms with Crippen LogP contribution in [0.1, 0.15) is 38.2 Å². The van der Waals surface area contributed by atoms with Gasteiger partial charge in [0.25, 0.3) is 0 Å². The van der Waals surface area contributed by atoms with E-state index in [1.807, 2.05) is 0 Å². The Morgan fingerprint density at radius 3 is 2.52 bits per heavy atom. The van der Waals surface area contributed by atoms with Crippen molar-refractivity contribution in [2.24, 2.45) is 0 Å². The second kappa shape index (κ2) is 6.33. The van der Waals surface area contributed by atoms with Gasteiger partial charge < -0.3 is 9.47 Å². The molecule has 9 heteroatoms. The van der Waals surface area contributed by atoms with Gasteiger partial charge in [-0.1, -0.05) is 0 Å². The average molecular weight is 299 g/mol. The number of nitrogens with zero attached hydrogens (tertiary/aromatic N) is 3. The van der Waals surface area contributed by atoms with Gasteiger partial charge in [0.05, 0.1) is 11.5 Å². The zero-order valence-corrected chi connectivity index (χ0v) is 12.3. The van der Waals surface area contributed by atoms with Crippen LogP contribution in [0.4, 0.5) is 5.69 Å². The summed E-state index contributed by atoms with van der Waals surface area (Å²) >= 11 is 0. The predicted molar refractivity (Wildman–Crippen MR) is 70.7 cm³/mol. The molecule has 0 amide bonds. The summed E-state index contributed by atoms with van der Waals surface area (Å²) in [4.78, 5) is 33.4. The molecule has 0 spiro atoms. The van der Waals surface area contributed by atoms with Crippen molar-refractivity contribution in [2.75, 3.05) is 6.61 Å². The molecule has 0 N–H and O–H groups in total. The van der Waals surface area contributed by atoms with Crippen molar-refractivity contribution in [1.29, 1.82) is 0 Å². The maximum Gasteiger partial charge on any atom is 0.366 e. The Morgan fingerprint density at radius 2 is 2.05 bits per heavy atom. The normalized spacial score (nSPS) is 11.0. The Balaban J connectivity index is 2.95. The van der Waals surface area contributed by atoms with E-state index in [9.17, 15) is 19.7 Å². The molecule has 0 aliphatic rings. The topological polar surface area (TPSA) is 114 Å². The third kappa shape index (κ3) is 4.86. The molecular formula is C12H17N3O6. The molecule has 0 aromatic carbocycles. The fourth-order valence-corrected chi connectivity index (χ4v) is 1.48. The molecule has 0 aliphatic heterocycles. The van der Waals surface area contributed by atoms with Crippen molar-refractivity contribution in [3.05, 3.63) is 22.0 Å². The second-order valence-corrected chi connectivity index (χ2v) is 5.12. The van der Waals surface area contributed by atoms with Gasteiger partial charge in [0.15, 0.2) is 0 Å². The van der Waals surface area contributed by atoms with Gasteiger partial charge in [-0.05, 0) is 27.7 Å². The highest BCUT2D eigenvalue weighted by Crippen LogP contribution is 2.18. The number of hydrogen-bond donors (Lipinski definition) is 0. The standard InChI is InChI=1S/C12H17N3O6/c1-5-20-11(17)10-8(15(18)19)6-14(13-10)7-9(16)21-12(2,3)4/h6H,5,7H2,1-4H3. The smallest absolute Gasteiger partial charge is 0.366 e. The highest BCUT2D eigenvalue weighted by Gasteiger charge is 2.28. The maximum atomic E-state index is 11.6. The lowest BCUT2D eigenvalue weighted by molar-refractivity contribution is -0.385. The Hall–Kier alpha value is -2.45. The molecule has 0 saturated heterocycles. The molecule has 1 heterocycles. The predicted octanol–water partition coefficient (Wildman–Crippen LogP) is 1.31. The molecule has 116 valence electrons. The zero-order chi connectivity index (χ0) is 16.2. The quantitative estimate of drug-likeness (QED) is 0.457. The van der Waals surface area contributed by atoms with Crippen molar-refractivity contribution >= 4 is 17.6 Å². The molecule has 0 bridgehead atoms. The minimum atomic E-state index is -0.910. The van der Waals surface area contributed by atoms with Crippen LogP contribution in [-0.4, -0.2) is 38.9 Å². The van der Waals surface area contributed by atoms with Gasteiger partial charge in [0.1, 0.15) is 18.3 Å². The van der Waals surface area contributed by atoms with Crippen LogP contribution in [0.5, 0.6) is 0 Å². The summed E-state index contributed by atoms with van der Waals surface area (Å²) in [6.07, 6.45) is 0.996. The van der Waals surface area contributed by atoms with E-state index in [0.717, 1.165) is 10.9 Å². The Bertz CT molecular complexity index is 558. The summed E-state index contributed by atoms with van der Waals surface area (Å²) in [5, 5.41) is 14.6. The zero-order valence-electron chi connectivity index (χ0n) is 12.3. The number of aromatic nitrogens is 2. The summed E-state index contributed by atoms with van der Waals surface area (Å²) in [5.41, 5.74) is -1.64. The van der Waals surface area contributed by atoms with Crippen LogP contribution in [0.2, 0.25) is 0 Å². The van der Waals surface area contributed by atoms with E-state index in [0.29, 0.717) is 0 Å². The monoisotopic (exact) mass is 299 g/mol.